The largest absolute Gasteiger partial charge is 0.455 e. The van der Waals surface area contributed by atoms with Crippen molar-refractivity contribution >= 4 is 28.3 Å². The molecule has 130 valence electrons. The van der Waals surface area contributed by atoms with Crippen LogP contribution in [0.5, 0.6) is 0 Å². The van der Waals surface area contributed by atoms with E-state index in [2.05, 4.69) is 5.32 Å². The Labute approximate surface area is 148 Å². The van der Waals surface area contributed by atoms with Crippen molar-refractivity contribution in [2.24, 2.45) is 0 Å². The molecule has 1 aromatic heterocycles. The van der Waals surface area contributed by atoms with Crippen LogP contribution in [0.3, 0.4) is 0 Å². The lowest BCUT2D eigenvalue weighted by molar-refractivity contribution is 0.0919. The standard InChI is InChI=1S/C17H20ClNO4S/c1-22-9-3-8-19-17(20)16-7-6-15(23-16)12-24(21)11-13-4-2-5-14(18)10-13/h2,4-7,10H,3,8-9,11-12H2,1H3,(H,19,20). The van der Waals surface area contributed by atoms with Gasteiger partial charge in [-0.2, -0.15) is 0 Å². The Morgan fingerprint density at radius 2 is 2.12 bits per heavy atom. The highest BCUT2D eigenvalue weighted by Gasteiger charge is 2.12. The van der Waals surface area contributed by atoms with Crippen LogP contribution in [0.4, 0.5) is 0 Å². The minimum atomic E-state index is -1.14. The number of nitrogens with one attached hydrogen (secondary N) is 1. The number of carbonyl (C=O) groups is 1. The van der Waals surface area contributed by atoms with Crippen LogP contribution in [0.1, 0.15) is 28.3 Å². The van der Waals surface area contributed by atoms with E-state index in [0.29, 0.717) is 29.7 Å². The first-order valence-electron chi connectivity index (χ1n) is 7.54. The van der Waals surface area contributed by atoms with Gasteiger partial charge in [-0.25, -0.2) is 0 Å². The maximum absolute atomic E-state index is 12.2. The van der Waals surface area contributed by atoms with Gasteiger partial charge in [-0.15, -0.1) is 0 Å². The molecule has 5 nitrogen and oxygen atoms in total. The van der Waals surface area contributed by atoms with E-state index in [0.717, 1.165) is 12.0 Å². The van der Waals surface area contributed by atoms with E-state index in [1.807, 2.05) is 12.1 Å². The second kappa shape index (κ2) is 9.61. The molecule has 0 fully saturated rings. The lowest BCUT2D eigenvalue weighted by Gasteiger charge is -2.03. The van der Waals surface area contributed by atoms with Crippen molar-refractivity contribution in [1.29, 1.82) is 0 Å². The molecule has 1 amide bonds. The van der Waals surface area contributed by atoms with E-state index in [4.69, 9.17) is 20.8 Å². The van der Waals surface area contributed by atoms with Crippen molar-refractivity contribution in [1.82, 2.24) is 5.32 Å². The average Bonchev–Trinajstić information content (AvgIpc) is 2.99. The number of carbonyl (C=O) groups excluding carboxylic acids is 1. The Bertz CT molecular complexity index is 701. The number of hydrogen-bond donors (Lipinski definition) is 1. The molecular weight excluding hydrogens is 350 g/mol. The number of methoxy groups -OCH3 is 1. The van der Waals surface area contributed by atoms with Gasteiger partial charge in [0.2, 0.25) is 0 Å². The molecule has 2 aromatic rings. The normalized spacial score (nSPS) is 12.1. The van der Waals surface area contributed by atoms with Gasteiger partial charge < -0.3 is 14.5 Å². The zero-order valence-corrected chi connectivity index (χ0v) is 15.0. The van der Waals surface area contributed by atoms with Crippen molar-refractivity contribution < 1.29 is 18.2 Å². The Kier molecular flexibility index (Phi) is 7.49. The van der Waals surface area contributed by atoms with E-state index in [1.165, 1.54) is 0 Å². The molecule has 1 heterocycles. The van der Waals surface area contributed by atoms with Crippen LogP contribution in [0.15, 0.2) is 40.8 Å². The van der Waals surface area contributed by atoms with Gasteiger partial charge in [-0.3, -0.25) is 9.00 Å². The summed E-state index contributed by atoms with van der Waals surface area (Å²) in [4.78, 5) is 11.9. The van der Waals surface area contributed by atoms with Crippen molar-refractivity contribution in [2.75, 3.05) is 20.3 Å². The Morgan fingerprint density at radius 1 is 1.29 bits per heavy atom. The summed E-state index contributed by atoms with van der Waals surface area (Å²) in [5.74, 6) is 1.11. The van der Waals surface area contributed by atoms with Gasteiger partial charge in [0.15, 0.2) is 5.76 Å². The van der Waals surface area contributed by atoms with Crippen LogP contribution in [-0.2, 0) is 27.0 Å². The molecule has 1 unspecified atom stereocenters. The zero-order valence-electron chi connectivity index (χ0n) is 13.4. The van der Waals surface area contributed by atoms with Gasteiger partial charge >= 0.3 is 0 Å². The van der Waals surface area contributed by atoms with Crippen molar-refractivity contribution in [3.05, 3.63) is 58.5 Å². The van der Waals surface area contributed by atoms with Gasteiger partial charge in [-0.1, -0.05) is 23.7 Å². The van der Waals surface area contributed by atoms with Crippen molar-refractivity contribution in [3.63, 3.8) is 0 Å². The Hall–Kier alpha value is -1.63. The van der Waals surface area contributed by atoms with Gasteiger partial charge in [0, 0.05) is 41.8 Å². The summed E-state index contributed by atoms with van der Waals surface area (Å²) in [7, 11) is 0.476. The molecule has 7 heteroatoms. The Balaban J connectivity index is 1.84. The van der Waals surface area contributed by atoms with Gasteiger partial charge in [0.25, 0.3) is 5.91 Å². The molecule has 0 aliphatic heterocycles. The molecule has 0 aliphatic carbocycles. The molecule has 0 bridgehead atoms. The molecule has 0 saturated carbocycles. The van der Waals surface area contributed by atoms with Crippen molar-refractivity contribution in [3.8, 4) is 0 Å². The monoisotopic (exact) mass is 369 g/mol. The van der Waals surface area contributed by atoms with Crippen LogP contribution >= 0.6 is 11.6 Å². The summed E-state index contributed by atoms with van der Waals surface area (Å²) < 4.78 is 22.6. The zero-order chi connectivity index (χ0) is 17.4. The molecule has 1 aromatic carbocycles. The lowest BCUT2D eigenvalue weighted by atomic mass is 10.2. The minimum absolute atomic E-state index is 0.224. The molecule has 1 N–H and O–H groups in total. The highest BCUT2D eigenvalue weighted by molar-refractivity contribution is 7.83. The summed E-state index contributed by atoms with van der Waals surface area (Å²) in [5, 5.41) is 3.36. The quantitative estimate of drug-likeness (QED) is 0.689. The maximum atomic E-state index is 12.2. The molecule has 2 rings (SSSR count). The summed E-state index contributed by atoms with van der Waals surface area (Å²) in [6, 6.07) is 10.6. The lowest BCUT2D eigenvalue weighted by Crippen LogP contribution is -2.24. The molecule has 0 radical (unpaired) electrons. The molecule has 0 aliphatic rings. The first-order valence-corrected chi connectivity index (χ1v) is 9.40. The predicted molar refractivity (Wildman–Crippen MR) is 94.5 cm³/mol. The molecule has 1 atom stereocenters. The summed E-state index contributed by atoms with van der Waals surface area (Å²) in [6.45, 7) is 1.11. The van der Waals surface area contributed by atoms with E-state index in [9.17, 15) is 9.00 Å². The number of ether oxygens (including phenoxy) is 1. The van der Waals surface area contributed by atoms with E-state index in [-0.39, 0.29) is 17.4 Å². The number of halogens is 1. The highest BCUT2D eigenvalue weighted by atomic mass is 35.5. The fraction of sp³-hybridized carbons (Fsp3) is 0.353. The van der Waals surface area contributed by atoms with E-state index >= 15 is 0 Å². The van der Waals surface area contributed by atoms with Crippen molar-refractivity contribution in [2.45, 2.75) is 17.9 Å². The summed E-state index contributed by atoms with van der Waals surface area (Å²) in [6.07, 6.45) is 0.736. The van der Waals surface area contributed by atoms with Gasteiger partial charge in [-0.05, 0) is 36.2 Å². The average molecular weight is 370 g/mol. The number of amides is 1. The highest BCUT2D eigenvalue weighted by Crippen LogP contribution is 2.15. The SMILES string of the molecule is COCCCNC(=O)c1ccc(CS(=O)Cc2cccc(Cl)c2)o1. The van der Waals surface area contributed by atoms with E-state index in [1.54, 1.807) is 31.4 Å². The summed E-state index contributed by atoms with van der Waals surface area (Å²) in [5.41, 5.74) is 0.906. The van der Waals surface area contributed by atoms with Crippen LogP contribution in [0.25, 0.3) is 0 Å². The smallest absolute Gasteiger partial charge is 0.286 e. The fourth-order valence-electron chi connectivity index (χ4n) is 2.11. The molecule has 0 spiro atoms. The first kappa shape index (κ1) is 18.7. The third-order valence-corrected chi connectivity index (χ3v) is 4.71. The second-order valence-corrected chi connectivity index (χ2v) is 7.12. The number of furan rings is 1. The molecular formula is C17H20ClNO4S. The van der Waals surface area contributed by atoms with Gasteiger partial charge in [0.1, 0.15) is 5.76 Å². The van der Waals surface area contributed by atoms with E-state index < -0.39 is 10.8 Å². The minimum Gasteiger partial charge on any atom is -0.455 e. The first-order chi connectivity index (χ1) is 11.6. The predicted octanol–water partition coefficient (Wildman–Crippen LogP) is 3.15. The van der Waals surface area contributed by atoms with Crippen LogP contribution in [0, 0.1) is 0 Å². The third kappa shape index (κ3) is 6.11. The third-order valence-electron chi connectivity index (χ3n) is 3.22. The number of rotatable bonds is 9. The molecule has 0 saturated heterocycles. The number of hydrogen-bond acceptors (Lipinski definition) is 4. The van der Waals surface area contributed by atoms with Crippen LogP contribution < -0.4 is 5.32 Å². The second-order valence-electron chi connectivity index (χ2n) is 5.23. The summed E-state index contributed by atoms with van der Waals surface area (Å²) >= 11 is 5.92. The Morgan fingerprint density at radius 3 is 2.88 bits per heavy atom. The topological polar surface area (TPSA) is 68.5 Å². The molecule has 24 heavy (non-hydrogen) atoms. The number of benzene rings is 1. The van der Waals surface area contributed by atoms with Crippen LogP contribution in [-0.4, -0.2) is 30.4 Å². The van der Waals surface area contributed by atoms with Gasteiger partial charge in [0.05, 0.1) is 5.75 Å². The maximum Gasteiger partial charge on any atom is 0.286 e. The van der Waals surface area contributed by atoms with Crippen LogP contribution in [0.2, 0.25) is 5.02 Å². The fourth-order valence-corrected chi connectivity index (χ4v) is 3.44.